The van der Waals surface area contributed by atoms with Gasteiger partial charge in [-0.05, 0) is 76.6 Å². The molecular formula is C21H30N4. The lowest BCUT2D eigenvalue weighted by Crippen LogP contribution is -2.57. The van der Waals surface area contributed by atoms with Crippen LogP contribution >= 0.6 is 0 Å². The number of rotatable bonds is 2. The summed E-state index contributed by atoms with van der Waals surface area (Å²) in [6, 6.07) is 8.80. The third-order valence-corrected chi connectivity index (χ3v) is 6.38. The van der Waals surface area contributed by atoms with Gasteiger partial charge in [0.05, 0.1) is 0 Å². The highest BCUT2D eigenvalue weighted by Crippen LogP contribution is 2.32. The van der Waals surface area contributed by atoms with E-state index < -0.39 is 0 Å². The summed E-state index contributed by atoms with van der Waals surface area (Å²) in [5, 5.41) is 2.61. The van der Waals surface area contributed by atoms with Crippen molar-refractivity contribution in [2.75, 3.05) is 46.8 Å². The Morgan fingerprint density at radius 3 is 2.72 bits per heavy atom. The second kappa shape index (κ2) is 7.02. The Balaban J connectivity index is 1.57. The fourth-order valence-electron chi connectivity index (χ4n) is 4.66. The first-order valence-electron chi connectivity index (χ1n) is 9.60. The molecule has 0 aliphatic carbocycles. The second-order valence-corrected chi connectivity index (χ2v) is 8.03. The van der Waals surface area contributed by atoms with Gasteiger partial charge in [0.1, 0.15) is 0 Å². The predicted molar refractivity (Wildman–Crippen MR) is 104 cm³/mol. The highest BCUT2D eigenvalue weighted by atomic mass is 15.3. The minimum absolute atomic E-state index is 0.356. The molecule has 2 aliphatic rings. The van der Waals surface area contributed by atoms with E-state index in [1.807, 2.05) is 12.4 Å². The fraction of sp³-hybridized carbons (Fsp3) is 0.571. The number of likely N-dealkylation sites (N-methyl/N-ethyl adjacent to an activating group) is 1. The topological polar surface area (TPSA) is 22.6 Å². The van der Waals surface area contributed by atoms with Crippen LogP contribution in [0.3, 0.4) is 0 Å². The van der Waals surface area contributed by atoms with E-state index in [1.54, 1.807) is 0 Å². The van der Waals surface area contributed by atoms with Gasteiger partial charge >= 0.3 is 0 Å². The van der Waals surface area contributed by atoms with Crippen LogP contribution in [0.5, 0.6) is 0 Å². The SMILES string of the molecule is CN1CCC2(CC1)CN(Cc1cccc3cnccc13)CCCN2C. The van der Waals surface area contributed by atoms with Crippen LogP contribution in [0.25, 0.3) is 10.8 Å². The monoisotopic (exact) mass is 338 g/mol. The summed E-state index contributed by atoms with van der Waals surface area (Å²) in [6.07, 6.45) is 7.74. The summed E-state index contributed by atoms with van der Waals surface area (Å²) in [6.45, 7) is 7.10. The van der Waals surface area contributed by atoms with Crippen molar-refractivity contribution in [3.8, 4) is 0 Å². The molecule has 0 N–H and O–H groups in total. The lowest BCUT2D eigenvalue weighted by atomic mass is 9.85. The summed E-state index contributed by atoms with van der Waals surface area (Å²) in [4.78, 5) is 12.1. The number of aromatic nitrogens is 1. The molecule has 4 heteroatoms. The second-order valence-electron chi connectivity index (χ2n) is 8.03. The van der Waals surface area contributed by atoms with Crippen molar-refractivity contribution in [2.45, 2.75) is 31.3 Å². The zero-order chi connectivity index (χ0) is 17.3. The van der Waals surface area contributed by atoms with E-state index in [1.165, 1.54) is 68.3 Å². The Kier molecular flexibility index (Phi) is 4.76. The van der Waals surface area contributed by atoms with Crippen LogP contribution < -0.4 is 0 Å². The molecule has 2 aliphatic heterocycles. The number of fused-ring (bicyclic) bond motifs is 1. The van der Waals surface area contributed by atoms with Crippen LogP contribution in [0.2, 0.25) is 0 Å². The predicted octanol–water partition coefficient (Wildman–Crippen LogP) is 2.84. The van der Waals surface area contributed by atoms with Crippen LogP contribution in [0, 0.1) is 0 Å². The average Bonchev–Trinajstić information content (AvgIpc) is 2.78. The zero-order valence-electron chi connectivity index (χ0n) is 15.6. The number of piperidine rings is 1. The number of nitrogens with zero attached hydrogens (tertiary/aromatic N) is 4. The quantitative estimate of drug-likeness (QED) is 0.840. The van der Waals surface area contributed by atoms with Crippen molar-refractivity contribution in [3.63, 3.8) is 0 Å². The average molecular weight is 338 g/mol. The van der Waals surface area contributed by atoms with Gasteiger partial charge in [-0.3, -0.25) is 14.8 Å². The molecule has 2 saturated heterocycles. The van der Waals surface area contributed by atoms with Crippen molar-refractivity contribution in [3.05, 3.63) is 42.2 Å². The third-order valence-electron chi connectivity index (χ3n) is 6.38. The molecule has 1 aromatic carbocycles. The molecule has 0 amide bonds. The zero-order valence-corrected chi connectivity index (χ0v) is 15.6. The van der Waals surface area contributed by atoms with Crippen LogP contribution in [0.4, 0.5) is 0 Å². The van der Waals surface area contributed by atoms with Crippen molar-refractivity contribution < 1.29 is 0 Å². The maximum Gasteiger partial charge on any atom is 0.0357 e. The fourth-order valence-corrected chi connectivity index (χ4v) is 4.66. The molecular weight excluding hydrogens is 308 g/mol. The molecule has 0 bridgehead atoms. The van der Waals surface area contributed by atoms with Gasteiger partial charge in [-0.2, -0.15) is 0 Å². The molecule has 0 saturated carbocycles. The van der Waals surface area contributed by atoms with Gasteiger partial charge in [0.25, 0.3) is 0 Å². The number of benzene rings is 1. The first-order valence-corrected chi connectivity index (χ1v) is 9.60. The Bertz CT molecular complexity index is 715. The molecule has 2 aromatic rings. The highest BCUT2D eigenvalue weighted by molar-refractivity contribution is 5.84. The molecule has 1 aromatic heterocycles. The van der Waals surface area contributed by atoms with E-state index in [9.17, 15) is 0 Å². The van der Waals surface area contributed by atoms with Gasteiger partial charge in [-0.1, -0.05) is 18.2 Å². The van der Waals surface area contributed by atoms with Gasteiger partial charge in [-0.25, -0.2) is 0 Å². The molecule has 4 nitrogen and oxygen atoms in total. The summed E-state index contributed by atoms with van der Waals surface area (Å²) in [5.41, 5.74) is 1.79. The standard InChI is InChI=1S/C21H30N4/c1-23-13-8-21(9-14-23)17-25(12-4-11-24(21)2)16-19-6-3-5-18-15-22-10-7-20(18)19/h3,5-7,10,15H,4,8-9,11-14,16-17H2,1-2H3. The first kappa shape index (κ1) is 17.0. The van der Waals surface area contributed by atoms with Gasteiger partial charge in [0, 0.05) is 36.4 Å². The Morgan fingerprint density at radius 2 is 1.88 bits per heavy atom. The van der Waals surface area contributed by atoms with Gasteiger partial charge in [-0.15, -0.1) is 0 Å². The molecule has 3 heterocycles. The third kappa shape index (κ3) is 3.43. The molecule has 1 spiro atoms. The number of likely N-dealkylation sites (tertiary alicyclic amines) is 1. The van der Waals surface area contributed by atoms with Crippen LogP contribution in [-0.2, 0) is 6.54 Å². The first-order chi connectivity index (χ1) is 12.2. The summed E-state index contributed by atoms with van der Waals surface area (Å²) in [7, 11) is 4.60. The molecule has 2 fully saturated rings. The van der Waals surface area contributed by atoms with E-state index >= 15 is 0 Å². The van der Waals surface area contributed by atoms with Crippen LogP contribution in [-0.4, -0.2) is 72.0 Å². The Hall–Kier alpha value is -1.49. The van der Waals surface area contributed by atoms with Gasteiger partial charge in [0.2, 0.25) is 0 Å². The Labute approximate surface area is 151 Å². The van der Waals surface area contributed by atoms with Gasteiger partial charge in [0.15, 0.2) is 0 Å². The molecule has 4 rings (SSSR count). The summed E-state index contributed by atoms with van der Waals surface area (Å²) < 4.78 is 0. The van der Waals surface area contributed by atoms with Crippen LogP contribution in [0.1, 0.15) is 24.8 Å². The van der Waals surface area contributed by atoms with Crippen molar-refractivity contribution in [1.29, 1.82) is 0 Å². The lowest BCUT2D eigenvalue weighted by Gasteiger charge is -2.47. The summed E-state index contributed by atoms with van der Waals surface area (Å²) in [5.74, 6) is 0. The molecule has 25 heavy (non-hydrogen) atoms. The molecule has 0 unspecified atom stereocenters. The number of hydrogen-bond acceptors (Lipinski definition) is 4. The smallest absolute Gasteiger partial charge is 0.0357 e. The lowest BCUT2D eigenvalue weighted by molar-refractivity contribution is 0.0338. The number of hydrogen-bond donors (Lipinski definition) is 0. The van der Waals surface area contributed by atoms with E-state index in [2.05, 4.69) is 58.0 Å². The molecule has 0 atom stereocenters. The van der Waals surface area contributed by atoms with Gasteiger partial charge < -0.3 is 4.90 Å². The van der Waals surface area contributed by atoms with Crippen molar-refractivity contribution >= 4 is 10.8 Å². The van der Waals surface area contributed by atoms with Crippen molar-refractivity contribution in [2.24, 2.45) is 0 Å². The maximum atomic E-state index is 4.28. The normalized spacial score (nSPS) is 23.1. The minimum Gasteiger partial charge on any atom is -0.306 e. The maximum absolute atomic E-state index is 4.28. The number of pyridine rings is 1. The van der Waals surface area contributed by atoms with Crippen molar-refractivity contribution in [1.82, 2.24) is 19.7 Å². The highest BCUT2D eigenvalue weighted by Gasteiger charge is 2.40. The van der Waals surface area contributed by atoms with Crippen LogP contribution in [0.15, 0.2) is 36.7 Å². The van der Waals surface area contributed by atoms with E-state index in [-0.39, 0.29) is 0 Å². The van der Waals surface area contributed by atoms with E-state index in [0.29, 0.717) is 5.54 Å². The largest absolute Gasteiger partial charge is 0.306 e. The Morgan fingerprint density at radius 1 is 1.04 bits per heavy atom. The molecule has 0 radical (unpaired) electrons. The molecule has 134 valence electrons. The van der Waals surface area contributed by atoms with E-state index in [0.717, 1.165) is 6.54 Å². The summed E-state index contributed by atoms with van der Waals surface area (Å²) >= 11 is 0. The van der Waals surface area contributed by atoms with E-state index in [4.69, 9.17) is 0 Å². The minimum atomic E-state index is 0.356.